The van der Waals surface area contributed by atoms with Gasteiger partial charge in [0, 0.05) is 59.2 Å². The lowest BCUT2D eigenvalue weighted by Gasteiger charge is -2.32. The molecule has 1 saturated carbocycles. The zero-order valence-corrected chi connectivity index (χ0v) is 24.7. The van der Waals surface area contributed by atoms with Crippen LogP contribution in [-0.4, -0.2) is 59.6 Å². The summed E-state index contributed by atoms with van der Waals surface area (Å²) in [6.45, 7) is 5.28. The summed E-state index contributed by atoms with van der Waals surface area (Å²) in [7, 11) is 0. The molecule has 2 fully saturated rings. The van der Waals surface area contributed by atoms with Crippen LogP contribution in [0.4, 0.5) is 11.8 Å². The van der Waals surface area contributed by atoms with Gasteiger partial charge in [0.1, 0.15) is 11.5 Å². The highest BCUT2D eigenvalue weighted by Crippen LogP contribution is 2.38. The molecular weight excluding hydrogens is 538 g/mol. The van der Waals surface area contributed by atoms with Gasteiger partial charge < -0.3 is 19.9 Å². The van der Waals surface area contributed by atoms with Crippen LogP contribution in [0, 0.1) is 13.8 Å². The number of fused-ring (bicyclic) bond motifs is 2. The van der Waals surface area contributed by atoms with Crippen molar-refractivity contribution in [3.8, 4) is 0 Å². The Bertz CT molecular complexity index is 1780. The smallest absolute Gasteiger partial charge is 0.253 e. The number of nitrogens with zero attached hydrogens (tertiary/aromatic N) is 6. The zero-order valence-electron chi connectivity index (χ0n) is 24.7. The summed E-state index contributed by atoms with van der Waals surface area (Å²) >= 11 is 0. The maximum Gasteiger partial charge on any atom is 0.253 e. The Morgan fingerprint density at radius 3 is 2.42 bits per heavy atom. The second kappa shape index (κ2) is 11.4. The van der Waals surface area contributed by atoms with Gasteiger partial charge in [-0.2, -0.15) is 4.98 Å². The van der Waals surface area contributed by atoms with Gasteiger partial charge in [0.05, 0.1) is 11.6 Å². The first kappa shape index (κ1) is 27.5. The van der Waals surface area contributed by atoms with E-state index >= 15 is 0 Å². The second-order valence-electron chi connectivity index (χ2n) is 12.1. The maximum absolute atomic E-state index is 13.3. The summed E-state index contributed by atoms with van der Waals surface area (Å²) in [6.07, 6.45) is 9.19. The number of benzene rings is 1. The van der Waals surface area contributed by atoms with Crippen LogP contribution in [0.1, 0.15) is 77.8 Å². The summed E-state index contributed by atoms with van der Waals surface area (Å²) in [5.41, 5.74) is 5.53. The van der Waals surface area contributed by atoms with E-state index in [-0.39, 0.29) is 18.1 Å². The molecule has 1 aromatic carbocycles. The van der Waals surface area contributed by atoms with Crippen molar-refractivity contribution < 1.29 is 9.90 Å². The lowest BCUT2D eigenvalue weighted by molar-refractivity contribution is 0.0712. The first-order valence-corrected chi connectivity index (χ1v) is 15.3. The van der Waals surface area contributed by atoms with E-state index in [9.17, 15) is 9.90 Å². The normalized spacial score (nSPS) is 19.7. The third kappa shape index (κ3) is 5.57. The number of aryl methyl sites for hydroxylation is 2. The van der Waals surface area contributed by atoms with E-state index in [0.717, 1.165) is 71.8 Å². The van der Waals surface area contributed by atoms with Gasteiger partial charge in [0.2, 0.25) is 5.95 Å². The number of aliphatic hydroxyl groups excluding tert-OH is 1. The predicted octanol–water partition coefficient (Wildman–Crippen LogP) is 6.23. The van der Waals surface area contributed by atoms with Crippen LogP contribution in [0.2, 0.25) is 0 Å². The topological polar surface area (TPSA) is 109 Å². The third-order valence-electron chi connectivity index (χ3n) is 9.05. The van der Waals surface area contributed by atoms with Gasteiger partial charge >= 0.3 is 0 Å². The van der Waals surface area contributed by atoms with Gasteiger partial charge in [-0.15, -0.1) is 0 Å². The maximum atomic E-state index is 13.3. The Hall–Kier alpha value is -4.37. The Morgan fingerprint density at radius 2 is 1.65 bits per heavy atom. The molecule has 1 saturated heterocycles. The number of carbonyl (C=O) groups excluding carboxylic acids is 1. The van der Waals surface area contributed by atoms with Crippen LogP contribution in [-0.2, 0) is 0 Å². The second-order valence-corrected chi connectivity index (χ2v) is 12.1. The van der Waals surface area contributed by atoms with E-state index in [1.165, 1.54) is 5.56 Å². The largest absolute Gasteiger partial charge is 0.393 e. The van der Waals surface area contributed by atoms with Gasteiger partial charge in [0.25, 0.3) is 5.91 Å². The summed E-state index contributed by atoms with van der Waals surface area (Å²) in [5, 5.41) is 15.6. The highest BCUT2D eigenvalue weighted by Gasteiger charge is 2.30. The number of aromatic nitrogens is 5. The van der Waals surface area contributed by atoms with Crippen molar-refractivity contribution >= 4 is 39.6 Å². The van der Waals surface area contributed by atoms with E-state index in [0.29, 0.717) is 36.3 Å². The molecule has 0 radical (unpaired) electrons. The number of hydrogen-bond acceptors (Lipinski definition) is 7. The van der Waals surface area contributed by atoms with E-state index in [1.807, 2.05) is 73.5 Å². The molecule has 1 amide bonds. The Labute approximate surface area is 251 Å². The van der Waals surface area contributed by atoms with Crippen molar-refractivity contribution in [2.75, 3.05) is 18.4 Å². The van der Waals surface area contributed by atoms with Crippen LogP contribution in [0.25, 0.3) is 21.9 Å². The van der Waals surface area contributed by atoms with Gasteiger partial charge in [-0.25, -0.2) is 9.97 Å². The van der Waals surface area contributed by atoms with E-state index in [2.05, 4.69) is 21.1 Å². The van der Waals surface area contributed by atoms with Crippen molar-refractivity contribution in [2.45, 2.75) is 70.4 Å². The fraction of sp³-hybridized carbons (Fsp3) is 0.382. The van der Waals surface area contributed by atoms with Crippen LogP contribution >= 0.6 is 0 Å². The number of amides is 1. The first-order valence-electron chi connectivity index (χ1n) is 15.3. The minimum Gasteiger partial charge on any atom is -0.393 e. The Kier molecular flexibility index (Phi) is 7.26. The van der Waals surface area contributed by atoms with E-state index in [4.69, 9.17) is 15.0 Å². The molecule has 43 heavy (non-hydrogen) atoms. The molecule has 0 spiro atoms. The van der Waals surface area contributed by atoms with E-state index in [1.54, 1.807) is 0 Å². The molecule has 0 unspecified atom stereocenters. The standard InChI is InChI=1S/C34H37N7O2/c1-21-17-25(18-22(2)36-21)33(43)40-15-13-23(14-16-40)29-20-41(26-8-10-27(42)11-9-26)32-28(29)19-35-34(39-32)38-31-12-7-24-5-3-4-6-30(24)37-31/h3-7,12,17-20,23,26-27,42H,8-11,13-16H2,1-2H3,(H,35,37,38,39). The highest BCUT2D eigenvalue weighted by atomic mass is 16.3. The molecule has 7 rings (SSSR count). The fourth-order valence-electron chi connectivity index (χ4n) is 6.84. The first-order chi connectivity index (χ1) is 20.9. The molecule has 2 N–H and O–H groups in total. The number of anilines is 2. The number of rotatable bonds is 5. The third-order valence-corrected chi connectivity index (χ3v) is 9.05. The molecule has 220 valence electrons. The molecule has 5 heterocycles. The van der Waals surface area contributed by atoms with Crippen molar-refractivity contribution in [3.63, 3.8) is 0 Å². The molecular formula is C34H37N7O2. The number of carbonyl (C=O) groups is 1. The van der Waals surface area contributed by atoms with Gasteiger partial charge in [-0.05, 0) is 94.2 Å². The average molecular weight is 576 g/mol. The SMILES string of the molecule is Cc1cc(C(=O)N2CCC(c3cn(C4CCC(O)CC4)c4nc(Nc5ccc6ccccc6n5)ncc34)CC2)cc(C)n1. The van der Waals surface area contributed by atoms with Gasteiger partial charge in [-0.3, -0.25) is 9.78 Å². The molecule has 1 aliphatic carbocycles. The van der Waals surface area contributed by atoms with Gasteiger partial charge in [0.15, 0.2) is 0 Å². The average Bonchev–Trinajstić information content (AvgIpc) is 3.39. The summed E-state index contributed by atoms with van der Waals surface area (Å²) in [4.78, 5) is 34.2. The zero-order chi connectivity index (χ0) is 29.5. The number of likely N-dealkylation sites (tertiary alicyclic amines) is 1. The monoisotopic (exact) mass is 575 g/mol. The van der Waals surface area contributed by atoms with Gasteiger partial charge in [-0.1, -0.05) is 18.2 Å². The molecule has 4 aromatic heterocycles. The van der Waals surface area contributed by atoms with Crippen molar-refractivity contribution in [1.29, 1.82) is 0 Å². The van der Waals surface area contributed by atoms with Crippen LogP contribution < -0.4 is 5.32 Å². The Balaban J connectivity index is 1.16. The lowest BCUT2D eigenvalue weighted by Crippen LogP contribution is -2.38. The quantitative estimate of drug-likeness (QED) is 0.256. The number of aliphatic hydroxyl groups is 1. The molecule has 1 aliphatic heterocycles. The summed E-state index contributed by atoms with van der Waals surface area (Å²) in [6, 6.07) is 16.1. The Morgan fingerprint density at radius 1 is 0.907 bits per heavy atom. The van der Waals surface area contributed by atoms with Crippen molar-refractivity contribution in [2.24, 2.45) is 0 Å². The summed E-state index contributed by atoms with van der Waals surface area (Å²) in [5.74, 6) is 1.61. The van der Waals surface area contributed by atoms with Crippen LogP contribution in [0.3, 0.4) is 0 Å². The van der Waals surface area contributed by atoms with Crippen molar-refractivity contribution in [1.82, 2.24) is 29.4 Å². The van der Waals surface area contributed by atoms with Crippen LogP contribution in [0.15, 0.2) is 60.9 Å². The molecule has 2 aliphatic rings. The summed E-state index contributed by atoms with van der Waals surface area (Å²) < 4.78 is 2.32. The molecule has 0 atom stereocenters. The lowest BCUT2D eigenvalue weighted by atomic mass is 9.89. The number of piperidine rings is 1. The number of nitrogens with one attached hydrogen (secondary N) is 1. The minimum atomic E-state index is -0.224. The number of para-hydroxylation sites is 1. The molecule has 9 nitrogen and oxygen atoms in total. The van der Waals surface area contributed by atoms with Crippen LogP contribution in [0.5, 0.6) is 0 Å². The number of hydrogen-bond donors (Lipinski definition) is 2. The highest BCUT2D eigenvalue weighted by molar-refractivity contribution is 5.94. The fourth-order valence-corrected chi connectivity index (χ4v) is 6.84. The molecule has 5 aromatic rings. The molecule has 9 heteroatoms. The number of pyridine rings is 2. The predicted molar refractivity (Wildman–Crippen MR) is 168 cm³/mol. The van der Waals surface area contributed by atoms with E-state index < -0.39 is 0 Å². The minimum absolute atomic E-state index is 0.0802. The molecule has 0 bridgehead atoms. The van der Waals surface area contributed by atoms with Crippen molar-refractivity contribution in [3.05, 3.63) is 83.4 Å².